The van der Waals surface area contributed by atoms with Gasteiger partial charge in [-0.25, -0.2) is 5.48 Å². The van der Waals surface area contributed by atoms with Crippen LogP contribution in [0.1, 0.15) is 49.7 Å². The van der Waals surface area contributed by atoms with Gasteiger partial charge in [0.15, 0.2) is 0 Å². The maximum atomic E-state index is 12.3. The van der Waals surface area contributed by atoms with E-state index in [0.717, 1.165) is 5.56 Å². The average molecular weight is 513 g/mol. The van der Waals surface area contributed by atoms with Crippen LogP contribution in [0.2, 0.25) is 0 Å². The third-order valence-electron chi connectivity index (χ3n) is 5.35. The van der Waals surface area contributed by atoms with Gasteiger partial charge in [0, 0.05) is 28.4 Å². The van der Waals surface area contributed by atoms with Crippen LogP contribution in [0.4, 0.5) is 5.69 Å². The minimum Gasteiger partial charge on any atom is -0.395 e. The van der Waals surface area contributed by atoms with Crippen molar-refractivity contribution in [1.82, 2.24) is 16.1 Å². The first-order chi connectivity index (χ1) is 17.1. The first-order valence-electron chi connectivity index (χ1n) is 11.4. The van der Waals surface area contributed by atoms with E-state index in [0.29, 0.717) is 11.3 Å². The SMILES string of the molecule is C.CC(C)C(CO)NCC(=O)Nc1ccc(C#Cc2ccc(C(=O)N[C@H](C(=O)NO)[C@@H](C)O)cc2)cc1. The Labute approximate surface area is 217 Å². The summed E-state index contributed by atoms with van der Waals surface area (Å²) in [5.74, 6) is 4.46. The molecule has 0 bridgehead atoms. The van der Waals surface area contributed by atoms with Crippen molar-refractivity contribution >= 4 is 23.4 Å². The number of hydrogen-bond donors (Lipinski definition) is 7. The van der Waals surface area contributed by atoms with Gasteiger partial charge in [-0.2, -0.15) is 0 Å². The Kier molecular flexibility index (Phi) is 13.0. The highest BCUT2D eigenvalue weighted by Gasteiger charge is 2.25. The molecule has 10 heteroatoms. The van der Waals surface area contributed by atoms with E-state index in [2.05, 4.69) is 27.8 Å². The number of aliphatic hydroxyl groups excluding tert-OH is 2. The van der Waals surface area contributed by atoms with E-state index in [4.69, 9.17) is 5.21 Å². The highest BCUT2D eigenvalue weighted by molar-refractivity contribution is 5.97. The van der Waals surface area contributed by atoms with Crippen LogP contribution < -0.4 is 21.4 Å². The topological polar surface area (TPSA) is 160 Å². The van der Waals surface area contributed by atoms with Gasteiger partial charge in [0.1, 0.15) is 6.04 Å². The number of benzene rings is 2. The predicted molar refractivity (Wildman–Crippen MR) is 141 cm³/mol. The summed E-state index contributed by atoms with van der Waals surface area (Å²) < 4.78 is 0. The van der Waals surface area contributed by atoms with Crippen LogP contribution in [0.5, 0.6) is 0 Å². The second-order valence-corrected chi connectivity index (χ2v) is 8.53. The molecule has 10 nitrogen and oxygen atoms in total. The van der Waals surface area contributed by atoms with Gasteiger partial charge >= 0.3 is 0 Å². The molecular weight excluding hydrogens is 476 g/mol. The standard InChI is InChI=1S/C26H32N4O6.CH4/c1-16(2)22(15-31)27-14-23(33)28-21-12-8-19(9-13-21)5-4-18-6-10-20(11-7-18)25(34)29-24(17(3)32)26(35)30-36;/h6-13,16-17,22,24,27,31-32,36H,14-15H2,1-3H3,(H,28,33)(H,29,34)(H,30,35);1H4/t17-,22?,24+;/m1./s1. The van der Waals surface area contributed by atoms with Crippen LogP contribution >= 0.6 is 0 Å². The lowest BCUT2D eigenvalue weighted by molar-refractivity contribution is -0.133. The van der Waals surface area contributed by atoms with Crippen molar-refractivity contribution in [1.29, 1.82) is 0 Å². The third-order valence-corrected chi connectivity index (χ3v) is 5.35. The molecule has 2 aromatic carbocycles. The number of rotatable bonds is 10. The summed E-state index contributed by atoms with van der Waals surface area (Å²) in [6, 6.07) is 11.9. The first-order valence-corrected chi connectivity index (χ1v) is 11.4. The van der Waals surface area contributed by atoms with Gasteiger partial charge in [-0.3, -0.25) is 19.6 Å². The van der Waals surface area contributed by atoms with Gasteiger partial charge in [0.25, 0.3) is 11.8 Å². The van der Waals surface area contributed by atoms with E-state index in [1.54, 1.807) is 36.4 Å². The lowest BCUT2D eigenvalue weighted by atomic mass is 10.1. The zero-order chi connectivity index (χ0) is 26.7. The second kappa shape index (κ2) is 15.4. The molecule has 0 aliphatic carbocycles. The van der Waals surface area contributed by atoms with Crippen molar-refractivity contribution in [2.45, 2.75) is 46.4 Å². The van der Waals surface area contributed by atoms with Crippen LogP contribution in [-0.2, 0) is 9.59 Å². The fourth-order valence-electron chi connectivity index (χ4n) is 3.13. The van der Waals surface area contributed by atoms with E-state index >= 15 is 0 Å². The monoisotopic (exact) mass is 512 g/mol. The Balaban J connectivity index is 0.00000684. The Bertz CT molecular complexity index is 1090. The summed E-state index contributed by atoms with van der Waals surface area (Å²) in [6.45, 7) is 5.30. The van der Waals surface area contributed by atoms with Crippen LogP contribution in [0.3, 0.4) is 0 Å². The van der Waals surface area contributed by atoms with E-state index in [9.17, 15) is 24.6 Å². The van der Waals surface area contributed by atoms with Gasteiger partial charge in [0.05, 0.1) is 19.3 Å². The molecule has 0 saturated carbocycles. The summed E-state index contributed by atoms with van der Waals surface area (Å²) in [6.07, 6.45) is -1.20. The van der Waals surface area contributed by atoms with Gasteiger partial charge < -0.3 is 26.2 Å². The maximum Gasteiger partial charge on any atom is 0.268 e. The zero-order valence-electron chi connectivity index (χ0n) is 20.4. The number of hydroxylamine groups is 1. The number of aliphatic hydroxyl groups is 2. The number of anilines is 1. The fraction of sp³-hybridized carbons (Fsp3) is 0.370. The van der Waals surface area contributed by atoms with Crippen molar-refractivity contribution in [3.05, 3.63) is 65.2 Å². The van der Waals surface area contributed by atoms with Crippen LogP contribution in [-0.4, -0.2) is 64.5 Å². The van der Waals surface area contributed by atoms with Gasteiger partial charge in [-0.05, 0) is 61.4 Å². The zero-order valence-corrected chi connectivity index (χ0v) is 20.4. The van der Waals surface area contributed by atoms with Crippen molar-refractivity contribution < 1.29 is 29.8 Å². The molecule has 1 unspecified atom stereocenters. The number of nitrogens with one attached hydrogen (secondary N) is 4. The Morgan fingerprint density at radius 2 is 1.46 bits per heavy atom. The highest BCUT2D eigenvalue weighted by atomic mass is 16.5. The molecule has 2 aromatic rings. The molecule has 2 rings (SSSR count). The quantitative estimate of drug-likeness (QED) is 0.143. The molecule has 0 aromatic heterocycles. The molecule has 0 aliphatic rings. The minimum atomic E-state index is -1.30. The molecule has 3 atom stereocenters. The molecule has 3 amide bonds. The molecule has 200 valence electrons. The molecule has 0 aliphatic heterocycles. The minimum absolute atomic E-state index is 0. The van der Waals surface area contributed by atoms with Gasteiger partial charge in [-0.1, -0.05) is 33.1 Å². The summed E-state index contributed by atoms with van der Waals surface area (Å²) in [5, 5.41) is 35.9. The van der Waals surface area contributed by atoms with Crippen molar-refractivity contribution in [3.8, 4) is 11.8 Å². The molecule has 0 spiro atoms. The lowest BCUT2D eigenvalue weighted by Crippen LogP contribution is -2.51. The number of hydrogen-bond acceptors (Lipinski definition) is 7. The Morgan fingerprint density at radius 1 is 0.919 bits per heavy atom. The predicted octanol–water partition coefficient (Wildman–Crippen LogP) is 1.25. The maximum absolute atomic E-state index is 12.3. The molecule has 37 heavy (non-hydrogen) atoms. The largest absolute Gasteiger partial charge is 0.395 e. The van der Waals surface area contributed by atoms with E-state index in [1.807, 2.05) is 13.8 Å². The van der Waals surface area contributed by atoms with Crippen molar-refractivity contribution in [2.24, 2.45) is 5.92 Å². The highest BCUT2D eigenvalue weighted by Crippen LogP contribution is 2.10. The fourth-order valence-corrected chi connectivity index (χ4v) is 3.13. The third kappa shape index (κ3) is 10.0. The lowest BCUT2D eigenvalue weighted by Gasteiger charge is -2.19. The Morgan fingerprint density at radius 3 is 1.92 bits per heavy atom. The second-order valence-electron chi connectivity index (χ2n) is 8.53. The molecule has 0 heterocycles. The summed E-state index contributed by atoms with van der Waals surface area (Å²) in [7, 11) is 0. The van der Waals surface area contributed by atoms with E-state index in [1.165, 1.54) is 24.5 Å². The van der Waals surface area contributed by atoms with Crippen LogP contribution in [0.15, 0.2) is 48.5 Å². The molecule has 7 N–H and O–H groups in total. The van der Waals surface area contributed by atoms with Gasteiger partial charge in [-0.15, -0.1) is 0 Å². The van der Waals surface area contributed by atoms with Crippen LogP contribution in [0, 0.1) is 17.8 Å². The first kappa shape index (κ1) is 31.3. The summed E-state index contributed by atoms with van der Waals surface area (Å²) >= 11 is 0. The molecule has 0 saturated heterocycles. The summed E-state index contributed by atoms with van der Waals surface area (Å²) in [5.41, 5.74) is 3.66. The average Bonchev–Trinajstić information content (AvgIpc) is 2.86. The molecule has 0 radical (unpaired) electrons. The number of amides is 3. The smallest absolute Gasteiger partial charge is 0.268 e. The molecule has 0 fully saturated rings. The van der Waals surface area contributed by atoms with E-state index in [-0.39, 0.29) is 44.0 Å². The summed E-state index contributed by atoms with van der Waals surface area (Å²) in [4.78, 5) is 36.0. The Hall–Kier alpha value is -3.75. The number of carbonyl (C=O) groups is 3. The molecular formula is C27H36N4O6. The van der Waals surface area contributed by atoms with Crippen LogP contribution in [0.25, 0.3) is 0 Å². The van der Waals surface area contributed by atoms with Crippen molar-refractivity contribution in [3.63, 3.8) is 0 Å². The number of carbonyl (C=O) groups excluding carboxylic acids is 3. The van der Waals surface area contributed by atoms with E-state index < -0.39 is 24.0 Å². The van der Waals surface area contributed by atoms with Gasteiger partial charge in [0.2, 0.25) is 5.91 Å². The van der Waals surface area contributed by atoms with Crippen molar-refractivity contribution in [2.75, 3.05) is 18.5 Å². The normalized spacial score (nSPS) is 12.7.